The smallest absolute Gasteiger partial charge is 0.269 e. The third kappa shape index (κ3) is 3.90. The van der Waals surface area contributed by atoms with Gasteiger partial charge >= 0.3 is 0 Å². The lowest BCUT2D eigenvalue weighted by molar-refractivity contribution is -0.114. The van der Waals surface area contributed by atoms with Gasteiger partial charge in [0.15, 0.2) is 0 Å². The largest absolute Gasteiger partial charge is 0.394 e. The van der Waals surface area contributed by atoms with E-state index in [1.54, 1.807) is 12.3 Å². The van der Waals surface area contributed by atoms with Gasteiger partial charge in [0.05, 0.1) is 13.2 Å². The second kappa shape index (κ2) is 6.45. The van der Waals surface area contributed by atoms with Crippen LogP contribution in [0.2, 0.25) is 0 Å². The summed E-state index contributed by atoms with van der Waals surface area (Å²) < 4.78 is 4.78. The Morgan fingerprint density at radius 1 is 1.53 bits per heavy atom. The summed E-state index contributed by atoms with van der Waals surface area (Å²) in [5.74, 6) is -0.285. The molecule has 96 valence electrons. The van der Waals surface area contributed by atoms with Crippen molar-refractivity contribution in [1.82, 2.24) is 5.32 Å². The van der Waals surface area contributed by atoms with Crippen LogP contribution < -0.4 is 5.32 Å². The average Bonchev–Trinajstić information content (AvgIpc) is 2.64. The first kappa shape index (κ1) is 13.8. The fourth-order valence-corrected chi connectivity index (χ4v) is 1.32. The van der Waals surface area contributed by atoms with Gasteiger partial charge in [-0.05, 0) is 0 Å². The number of hydrogen-bond acceptors (Lipinski definition) is 6. The lowest BCUT2D eigenvalue weighted by atomic mass is 10.2. The molecular weight excluding hydrogens is 228 g/mol. The molecule has 2 aliphatic rings. The summed E-state index contributed by atoms with van der Waals surface area (Å²) in [5.41, 5.74) is 0.132. The van der Waals surface area contributed by atoms with E-state index in [1.807, 2.05) is 0 Å². The highest BCUT2D eigenvalue weighted by Gasteiger charge is 2.33. The van der Waals surface area contributed by atoms with Crippen LogP contribution >= 0.6 is 0 Å². The molecule has 1 fully saturated rings. The van der Waals surface area contributed by atoms with Crippen molar-refractivity contribution in [1.29, 1.82) is 5.41 Å². The molecule has 0 aromatic rings. The van der Waals surface area contributed by atoms with Gasteiger partial charge in [-0.15, -0.1) is 0 Å². The zero-order valence-corrected chi connectivity index (χ0v) is 9.17. The number of ether oxygens (including phenoxy) is 1. The number of aliphatic hydroxyl groups is 3. The van der Waals surface area contributed by atoms with Crippen LogP contribution in [0.5, 0.6) is 0 Å². The quantitative estimate of drug-likeness (QED) is 0.370. The van der Waals surface area contributed by atoms with Crippen LogP contribution in [0.4, 0.5) is 0 Å². The molecule has 0 aromatic heterocycles. The predicted molar refractivity (Wildman–Crippen MR) is 58.5 cm³/mol. The molecule has 0 aromatic carbocycles. The molecule has 2 rings (SSSR count). The lowest BCUT2D eigenvalue weighted by Gasteiger charge is -2.10. The summed E-state index contributed by atoms with van der Waals surface area (Å²) in [6.07, 6.45) is 1.41. The fourth-order valence-electron chi connectivity index (χ4n) is 1.32. The third-order valence-corrected chi connectivity index (χ3v) is 2.36. The summed E-state index contributed by atoms with van der Waals surface area (Å²) in [5, 5.41) is 35.5. The van der Waals surface area contributed by atoms with Gasteiger partial charge in [0.1, 0.15) is 24.0 Å². The van der Waals surface area contributed by atoms with E-state index in [9.17, 15) is 4.79 Å². The van der Waals surface area contributed by atoms with Crippen molar-refractivity contribution < 1.29 is 24.9 Å². The SMILES string of the molecule is N=C1CC=CNC1=O.OC[C@H]1OC[C@H](O)[C@@H]1O. The highest BCUT2D eigenvalue weighted by Crippen LogP contribution is 2.12. The van der Waals surface area contributed by atoms with Gasteiger partial charge in [-0.3, -0.25) is 10.2 Å². The van der Waals surface area contributed by atoms with Crippen molar-refractivity contribution in [3.8, 4) is 0 Å². The maximum Gasteiger partial charge on any atom is 0.269 e. The van der Waals surface area contributed by atoms with Gasteiger partial charge in [-0.25, -0.2) is 0 Å². The maximum absolute atomic E-state index is 10.4. The van der Waals surface area contributed by atoms with Crippen molar-refractivity contribution in [2.45, 2.75) is 24.7 Å². The number of aliphatic hydroxyl groups excluding tert-OH is 3. The fraction of sp³-hybridized carbons (Fsp3) is 0.600. The summed E-state index contributed by atoms with van der Waals surface area (Å²) in [6.45, 7) is -0.120. The van der Waals surface area contributed by atoms with Gasteiger partial charge < -0.3 is 25.4 Å². The molecule has 2 heterocycles. The summed E-state index contributed by atoms with van der Waals surface area (Å²) in [7, 11) is 0. The van der Waals surface area contributed by atoms with Crippen LogP contribution in [0.1, 0.15) is 6.42 Å². The highest BCUT2D eigenvalue weighted by atomic mass is 16.5. The number of nitrogens with one attached hydrogen (secondary N) is 2. The normalized spacial score (nSPS) is 31.8. The molecule has 0 aliphatic carbocycles. The Kier molecular flexibility index (Phi) is 5.23. The molecule has 0 unspecified atom stereocenters. The minimum atomic E-state index is -0.921. The monoisotopic (exact) mass is 244 g/mol. The maximum atomic E-state index is 10.4. The van der Waals surface area contributed by atoms with Gasteiger partial charge in [-0.1, -0.05) is 6.08 Å². The number of allylic oxidation sites excluding steroid dienone is 1. The van der Waals surface area contributed by atoms with Crippen LogP contribution in [-0.4, -0.2) is 58.5 Å². The third-order valence-electron chi connectivity index (χ3n) is 2.36. The second-order valence-electron chi connectivity index (χ2n) is 3.67. The Balaban J connectivity index is 0.000000171. The van der Waals surface area contributed by atoms with Crippen molar-refractivity contribution in [3.63, 3.8) is 0 Å². The first-order valence-corrected chi connectivity index (χ1v) is 5.18. The number of carbonyl (C=O) groups excluding carboxylic acids is 1. The summed E-state index contributed by atoms with van der Waals surface area (Å²) >= 11 is 0. The molecule has 0 bridgehead atoms. The Morgan fingerprint density at radius 2 is 2.24 bits per heavy atom. The van der Waals surface area contributed by atoms with E-state index in [1.165, 1.54) is 0 Å². The molecule has 0 saturated carbocycles. The number of hydrogen-bond donors (Lipinski definition) is 5. The molecule has 7 nitrogen and oxygen atoms in total. The molecule has 0 spiro atoms. The molecule has 3 atom stereocenters. The van der Waals surface area contributed by atoms with E-state index in [-0.39, 0.29) is 24.8 Å². The molecular formula is C10H16N2O5. The van der Waals surface area contributed by atoms with Crippen molar-refractivity contribution in [2.24, 2.45) is 0 Å². The molecule has 1 amide bonds. The number of amides is 1. The topological polar surface area (TPSA) is 123 Å². The van der Waals surface area contributed by atoms with Crippen LogP contribution in [0.25, 0.3) is 0 Å². The highest BCUT2D eigenvalue weighted by molar-refractivity contribution is 6.38. The van der Waals surface area contributed by atoms with Crippen molar-refractivity contribution in [3.05, 3.63) is 12.3 Å². The minimum absolute atomic E-state index is 0.117. The minimum Gasteiger partial charge on any atom is -0.394 e. The second-order valence-corrected chi connectivity index (χ2v) is 3.67. The van der Waals surface area contributed by atoms with Gasteiger partial charge in [0, 0.05) is 12.6 Å². The molecule has 7 heteroatoms. The van der Waals surface area contributed by atoms with Crippen LogP contribution in [0, 0.1) is 5.41 Å². The van der Waals surface area contributed by atoms with E-state index in [0.29, 0.717) is 6.42 Å². The van der Waals surface area contributed by atoms with E-state index in [4.69, 9.17) is 25.5 Å². The molecule has 2 aliphatic heterocycles. The molecule has 5 N–H and O–H groups in total. The standard InChI is InChI=1S/C5H6N2O.C5H10O4/c6-4-2-1-3-7-5(4)8;6-1-4-5(8)3(7)2-9-4/h1,3,6H,2H2,(H,7,8);3-8H,1-2H2/t;3-,4+,5-/m.0/s1. The van der Waals surface area contributed by atoms with E-state index in [0.717, 1.165) is 0 Å². The molecule has 0 radical (unpaired) electrons. The molecule has 1 saturated heterocycles. The first-order chi connectivity index (χ1) is 8.06. The van der Waals surface area contributed by atoms with E-state index < -0.39 is 18.3 Å². The zero-order valence-electron chi connectivity index (χ0n) is 9.17. The predicted octanol–water partition coefficient (Wildman–Crippen LogP) is -1.86. The first-order valence-electron chi connectivity index (χ1n) is 5.18. The Morgan fingerprint density at radius 3 is 2.53 bits per heavy atom. The zero-order chi connectivity index (χ0) is 12.8. The van der Waals surface area contributed by atoms with Crippen LogP contribution in [0.3, 0.4) is 0 Å². The Labute approximate surface area is 98.2 Å². The van der Waals surface area contributed by atoms with E-state index >= 15 is 0 Å². The summed E-state index contributed by atoms with van der Waals surface area (Å²) in [6, 6.07) is 0. The van der Waals surface area contributed by atoms with Crippen LogP contribution in [-0.2, 0) is 9.53 Å². The van der Waals surface area contributed by atoms with Gasteiger partial charge in [-0.2, -0.15) is 0 Å². The Bertz CT molecular complexity index is 300. The van der Waals surface area contributed by atoms with Gasteiger partial charge in [0.2, 0.25) is 0 Å². The molecule has 17 heavy (non-hydrogen) atoms. The van der Waals surface area contributed by atoms with Crippen LogP contribution in [0.15, 0.2) is 12.3 Å². The van der Waals surface area contributed by atoms with Crippen molar-refractivity contribution >= 4 is 11.6 Å². The number of carbonyl (C=O) groups is 1. The Hall–Kier alpha value is -1.28. The van der Waals surface area contributed by atoms with E-state index in [2.05, 4.69) is 5.32 Å². The summed E-state index contributed by atoms with van der Waals surface area (Å²) in [4.78, 5) is 10.4. The van der Waals surface area contributed by atoms with Gasteiger partial charge in [0.25, 0.3) is 5.91 Å². The lowest BCUT2D eigenvalue weighted by Crippen LogP contribution is -2.31. The average molecular weight is 244 g/mol. The number of rotatable bonds is 1. The van der Waals surface area contributed by atoms with Crippen molar-refractivity contribution in [2.75, 3.05) is 13.2 Å².